The molecule has 0 bridgehead atoms. The van der Waals surface area contributed by atoms with Crippen LogP contribution in [-0.4, -0.2) is 23.9 Å². The summed E-state index contributed by atoms with van der Waals surface area (Å²) in [7, 11) is 0. The molecule has 82 valence electrons. The minimum atomic E-state index is -5.29. The summed E-state index contributed by atoms with van der Waals surface area (Å²) < 4.78 is 51.8. The van der Waals surface area contributed by atoms with E-state index in [-0.39, 0.29) is 5.57 Å². The van der Waals surface area contributed by atoms with Gasteiger partial charge in [-0.25, -0.2) is 9.18 Å². The zero-order chi connectivity index (χ0) is 11.6. The van der Waals surface area contributed by atoms with Crippen LogP contribution in [0.1, 0.15) is 6.92 Å². The Bertz CT molecular complexity index is 247. The Hall–Kier alpha value is -0.780. The molecule has 0 saturated heterocycles. The molecule has 0 aliphatic heterocycles. The first kappa shape index (κ1) is 13.2. The number of alkyl halides is 5. The third-order valence-electron chi connectivity index (χ3n) is 1.15. The average Bonchev–Trinajstić information content (AvgIpc) is 1.97. The van der Waals surface area contributed by atoms with Crippen molar-refractivity contribution in [1.29, 1.82) is 0 Å². The molecule has 0 fully saturated rings. The highest BCUT2D eigenvalue weighted by Gasteiger charge is 2.56. The molecular formula is C7H7ClF4O2. The quantitative estimate of drug-likeness (QED) is 0.325. The summed E-state index contributed by atoms with van der Waals surface area (Å²) in [6.45, 7) is 2.72. The van der Waals surface area contributed by atoms with Gasteiger partial charge in [-0.15, -0.1) is 0 Å². The molecule has 0 aromatic carbocycles. The van der Waals surface area contributed by atoms with Gasteiger partial charge < -0.3 is 4.74 Å². The lowest BCUT2D eigenvalue weighted by Gasteiger charge is -2.20. The summed E-state index contributed by atoms with van der Waals surface area (Å²) in [6.07, 6.45) is -5.29. The number of ether oxygens (including phenoxy) is 1. The second kappa shape index (κ2) is 4.16. The first-order valence-electron chi connectivity index (χ1n) is 3.35. The van der Waals surface area contributed by atoms with Crippen molar-refractivity contribution in [2.24, 2.45) is 0 Å². The normalized spacial score (nSPS) is 15.9. The molecule has 1 unspecified atom stereocenters. The maximum absolute atomic E-state index is 12.6. The molecule has 0 N–H and O–H groups in total. The van der Waals surface area contributed by atoms with Gasteiger partial charge in [0.15, 0.2) is 0 Å². The van der Waals surface area contributed by atoms with E-state index >= 15 is 0 Å². The van der Waals surface area contributed by atoms with Crippen LogP contribution in [0.4, 0.5) is 17.6 Å². The highest BCUT2D eigenvalue weighted by molar-refractivity contribution is 6.23. The second-order valence-corrected chi connectivity index (χ2v) is 3.16. The van der Waals surface area contributed by atoms with Crippen LogP contribution >= 0.6 is 11.6 Å². The smallest absolute Gasteiger partial charge is 0.440 e. The molecule has 0 aliphatic rings. The fourth-order valence-electron chi connectivity index (χ4n) is 0.361. The largest absolute Gasteiger partial charge is 0.457 e. The summed E-state index contributed by atoms with van der Waals surface area (Å²) in [5.41, 5.74) is -0.139. The number of hydrogen-bond donors (Lipinski definition) is 0. The second-order valence-electron chi connectivity index (χ2n) is 2.56. The van der Waals surface area contributed by atoms with Gasteiger partial charge >= 0.3 is 17.3 Å². The van der Waals surface area contributed by atoms with E-state index in [1.165, 1.54) is 6.92 Å². The Labute approximate surface area is 82.5 Å². The standard InChI is InChI=1S/C7H7ClF4O2/c1-4(2)5(13)14-3-6(8,9)7(10,11)12/h1,3H2,2H3. The van der Waals surface area contributed by atoms with E-state index in [2.05, 4.69) is 22.9 Å². The molecule has 0 aromatic heterocycles. The molecule has 0 aromatic rings. The zero-order valence-electron chi connectivity index (χ0n) is 7.12. The van der Waals surface area contributed by atoms with E-state index in [1.807, 2.05) is 0 Å². The van der Waals surface area contributed by atoms with E-state index in [4.69, 9.17) is 0 Å². The van der Waals surface area contributed by atoms with E-state index in [9.17, 15) is 22.4 Å². The number of carbonyl (C=O) groups is 1. The number of hydrogen-bond acceptors (Lipinski definition) is 2. The van der Waals surface area contributed by atoms with Gasteiger partial charge in [0.2, 0.25) is 0 Å². The molecule has 7 heteroatoms. The summed E-state index contributed by atoms with van der Waals surface area (Å²) in [5.74, 6) is -1.13. The fourth-order valence-corrected chi connectivity index (χ4v) is 0.416. The van der Waals surface area contributed by atoms with Gasteiger partial charge in [-0.05, 0) is 6.92 Å². The Morgan fingerprint density at radius 2 is 1.86 bits per heavy atom. The van der Waals surface area contributed by atoms with Gasteiger partial charge in [0.05, 0.1) is 0 Å². The van der Waals surface area contributed by atoms with Crippen molar-refractivity contribution in [3.05, 3.63) is 12.2 Å². The van der Waals surface area contributed by atoms with E-state index in [1.54, 1.807) is 0 Å². The monoisotopic (exact) mass is 234 g/mol. The molecule has 0 aliphatic carbocycles. The van der Waals surface area contributed by atoms with Crippen molar-refractivity contribution in [3.63, 3.8) is 0 Å². The fraction of sp³-hybridized carbons (Fsp3) is 0.571. The van der Waals surface area contributed by atoms with E-state index in [0.717, 1.165) is 0 Å². The lowest BCUT2D eigenvalue weighted by molar-refractivity contribution is -0.211. The molecular weight excluding hydrogens is 228 g/mol. The minimum absolute atomic E-state index is 0.139. The maximum Gasteiger partial charge on any atom is 0.440 e. The van der Waals surface area contributed by atoms with Crippen LogP contribution in [0.15, 0.2) is 12.2 Å². The predicted octanol–water partition coefficient (Wildman–Crippen LogP) is 2.57. The Morgan fingerprint density at radius 1 is 1.43 bits per heavy atom. The van der Waals surface area contributed by atoms with Crippen LogP contribution in [0.25, 0.3) is 0 Å². The molecule has 1 atom stereocenters. The molecule has 0 saturated carbocycles. The highest BCUT2D eigenvalue weighted by Crippen LogP contribution is 2.37. The first-order valence-corrected chi connectivity index (χ1v) is 3.73. The first-order chi connectivity index (χ1) is 6.08. The molecule has 0 amide bonds. The lowest BCUT2D eigenvalue weighted by Crippen LogP contribution is -2.40. The number of rotatable bonds is 3. The van der Waals surface area contributed by atoms with Crippen molar-refractivity contribution in [2.75, 3.05) is 6.61 Å². The minimum Gasteiger partial charge on any atom is -0.457 e. The topological polar surface area (TPSA) is 26.3 Å². The van der Waals surface area contributed by atoms with Crippen molar-refractivity contribution < 1.29 is 27.1 Å². The maximum atomic E-state index is 12.6. The van der Waals surface area contributed by atoms with Crippen molar-refractivity contribution in [2.45, 2.75) is 18.2 Å². The third kappa shape index (κ3) is 3.53. The summed E-state index contributed by atoms with van der Waals surface area (Å²) in [5, 5.41) is -4.06. The van der Waals surface area contributed by atoms with E-state index < -0.39 is 23.9 Å². The molecule has 0 heterocycles. The van der Waals surface area contributed by atoms with Crippen molar-refractivity contribution in [1.82, 2.24) is 0 Å². The average molecular weight is 235 g/mol. The van der Waals surface area contributed by atoms with E-state index in [0.29, 0.717) is 0 Å². The van der Waals surface area contributed by atoms with Crippen LogP contribution < -0.4 is 0 Å². The Kier molecular flexibility index (Phi) is 3.93. The van der Waals surface area contributed by atoms with Gasteiger partial charge in [-0.2, -0.15) is 13.2 Å². The van der Waals surface area contributed by atoms with Crippen LogP contribution in [0.2, 0.25) is 0 Å². The SMILES string of the molecule is C=C(C)C(=O)OCC(F)(Cl)C(F)(F)F. The molecule has 14 heavy (non-hydrogen) atoms. The molecule has 2 nitrogen and oxygen atoms in total. The van der Waals surface area contributed by atoms with Gasteiger partial charge in [-0.3, -0.25) is 0 Å². The molecule has 0 radical (unpaired) electrons. The highest BCUT2D eigenvalue weighted by atomic mass is 35.5. The Balaban J connectivity index is 4.27. The number of carbonyl (C=O) groups excluding carboxylic acids is 1. The van der Waals surface area contributed by atoms with Gasteiger partial charge in [0.1, 0.15) is 6.61 Å². The van der Waals surface area contributed by atoms with Gasteiger partial charge in [0, 0.05) is 5.57 Å². The van der Waals surface area contributed by atoms with Crippen LogP contribution in [0.3, 0.4) is 0 Å². The van der Waals surface area contributed by atoms with Crippen LogP contribution in [0.5, 0.6) is 0 Å². The summed E-state index contributed by atoms with van der Waals surface area (Å²) >= 11 is 4.46. The molecule has 0 spiro atoms. The number of halogens is 5. The van der Waals surface area contributed by atoms with Gasteiger partial charge in [-0.1, -0.05) is 18.2 Å². The lowest BCUT2D eigenvalue weighted by atomic mass is 10.3. The predicted molar refractivity (Wildman–Crippen MR) is 41.5 cm³/mol. The van der Waals surface area contributed by atoms with Crippen LogP contribution in [0, 0.1) is 0 Å². The molecule has 0 rings (SSSR count). The third-order valence-corrected chi connectivity index (χ3v) is 1.47. The van der Waals surface area contributed by atoms with Crippen molar-refractivity contribution in [3.8, 4) is 0 Å². The number of esters is 1. The van der Waals surface area contributed by atoms with Crippen LogP contribution in [-0.2, 0) is 9.53 Å². The zero-order valence-corrected chi connectivity index (χ0v) is 7.88. The Morgan fingerprint density at radius 3 is 2.14 bits per heavy atom. The van der Waals surface area contributed by atoms with Crippen molar-refractivity contribution >= 4 is 17.6 Å². The van der Waals surface area contributed by atoms with Gasteiger partial charge in [0.25, 0.3) is 0 Å². The summed E-state index contributed by atoms with van der Waals surface area (Å²) in [6, 6.07) is 0. The summed E-state index contributed by atoms with van der Waals surface area (Å²) in [4.78, 5) is 10.6.